The Kier molecular flexibility index (Phi) is 15.8. The summed E-state index contributed by atoms with van der Waals surface area (Å²) in [6.45, 7) is 17.1. The second kappa shape index (κ2) is 20.6. The molecular formula is C52H70O9. The van der Waals surface area contributed by atoms with Crippen molar-refractivity contribution in [2.45, 2.75) is 116 Å². The molecule has 4 aromatic carbocycles. The number of hydrogen-bond donors (Lipinski definition) is 0. The maximum absolute atomic E-state index is 6.60. The number of ether oxygens (including phenoxy) is 9. The van der Waals surface area contributed by atoms with Crippen LogP contribution < -0.4 is 9.47 Å². The smallest absolute Gasteiger partial charge is 0.165 e. The first-order chi connectivity index (χ1) is 29.2. The van der Waals surface area contributed by atoms with Gasteiger partial charge in [-0.1, -0.05) is 113 Å². The first kappa shape index (κ1) is 46.7. The number of benzene rings is 4. The molecule has 0 bridgehead atoms. The fourth-order valence-electron chi connectivity index (χ4n) is 7.97. The highest BCUT2D eigenvalue weighted by Crippen LogP contribution is 2.43. The van der Waals surface area contributed by atoms with Gasteiger partial charge in [0.15, 0.2) is 11.6 Å². The Hall–Kier alpha value is -3.80. The van der Waals surface area contributed by atoms with E-state index >= 15 is 0 Å². The van der Waals surface area contributed by atoms with Gasteiger partial charge in [0.05, 0.1) is 37.6 Å². The van der Waals surface area contributed by atoms with Gasteiger partial charge in [0.25, 0.3) is 0 Å². The Labute approximate surface area is 365 Å². The minimum absolute atomic E-state index is 0.0326. The molecule has 2 saturated heterocycles. The van der Waals surface area contributed by atoms with Gasteiger partial charge < -0.3 is 42.6 Å². The summed E-state index contributed by atoms with van der Waals surface area (Å²) in [5.41, 5.74) is 2.79. The molecule has 332 valence electrons. The van der Waals surface area contributed by atoms with Crippen LogP contribution in [0.1, 0.15) is 102 Å². The minimum Gasteiger partial charge on any atom is -0.489 e. The van der Waals surface area contributed by atoms with E-state index in [1.807, 2.05) is 74.5 Å². The van der Waals surface area contributed by atoms with Crippen LogP contribution in [-0.4, -0.2) is 65.4 Å². The van der Waals surface area contributed by atoms with Crippen LogP contribution in [0.15, 0.2) is 109 Å². The van der Waals surface area contributed by atoms with Crippen molar-refractivity contribution >= 4 is 0 Å². The average molecular weight is 839 g/mol. The molecule has 9 heteroatoms. The molecule has 61 heavy (non-hydrogen) atoms. The van der Waals surface area contributed by atoms with Gasteiger partial charge in [-0.3, -0.25) is 0 Å². The first-order valence-corrected chi connectivity index (χ1v) is 22.0. The quantitative estimate of drug-likeness (QED) is 0.0719. The molecule has 0 amide bonds. The Balaban J connectivity index is 1.18. The third-order valence-electron chi connectivity index (χ3n) is 12.3. The second-order valence-corrected chi connectivity index (χ2v) is 18.9. The van der Waals surface area contributed by atoms with Crippen molar-refractivity contribution in [3.63, 3.8) is 0 Å². The molecule has 0 saturated carbocycles. The van der Waals surface area contributed by atoms with Crippen LogP contribution in [0.3, 0.4) is 0 Å². The average Bonchev–Trinajstić information content (AvgIpc) is 3.28. The standard InChI is InChI=1S/C52H70O9/c1-47(2)37-58-49(5,59-38-47)25-27-51(53-7,43-21-15-23-45(33-43)56-35-41-17-11-9-12-18-41)29-31-55-32-30-52(54-8,28-26-50(6)60-39-48(3,4)40-61-50)44-22-16-24-46(34-44)57-36-42-19-13-10-14-20-42/h9-24,33-34H,25-32,35-40H2,1-8H3. The van der Waals surface area contributed by atoms with Crippen LogP contribution >= 0.6 is 0 Å². The van der Waals surface area contributed by atoms with Crippen LogP contribution in [-0.2, 0) is 57.6 Å². The van der Waals surface area contributed by atoms with Crippen molar-refractivity contribution in [3.8, 4) is 11.5 Å². The van der Waals surface area contributed by atoms with E-state index in [-0.39, 0.29) is 10.8 Å². The summed E-state index contributed by atoms with van der Waals surface area (Å²) in [5, 5.41) is 0. The Bertz CT molecular complexity index is 1770. The summed E-state index contributed by atoms with van der Waals surface area (Å²) in [6, 6.07) is 36.9. The zero-order chi connectivity index (χ0) is 43.5. The zero-order valence-corrected chi connectivity index (χ0v) is 38.0. The maximum atomic E-state index is 6.60. The lowest BCUT2D eigenvalue weighted by molar-refractivity contribution is -0.295. The van der Waals surface area contributed by atoms with Crippen molar-refractivity contribution in [1.29, 1.82) is 0 Å². The summed E-state index contributed by atoms with van der Waals surface area (Å²) in [6.07, 6.45) is 3.79. The van der Waals surface area contributed by atoms with Crippen LogP contribution in [0.4, 0.5) is 0 Å². The summed E-state index contributed by atoms with van der Waals surface area (Å²) in [4.78, 5) is 0. The van der Waals surface area contributed by atoms with Gasteiger partial charge in [0, 0.05) is 63.9 Å². The SMILES string of the molecule is COC(CCOCCC(CCC1(C)OCC(C)(C)CO1)(OC)c1cccc(OCc2ccccc2)c1)(CCC1(C)OCC(C)(C)CO1)c1cccc(OCc2ccccc2)c1. The van der Waals surface area contributed by atoms with E-state index in [0.717, 1.165) is 33.8 Å². The second-order valence-electron chi connectivity index (χ2n) is 18.9. The van der Waals surface area contributed by atoms with Gasteiger partial charge in [-0.05, 0) is 73.2 Å². The molecule has 0 radical (unpaired) electrons. The van der Waals surface area contributed by atoms with Crippen molar-refractivity contribution in [1.82, 2.24) is 0 Å². The molecule has 0 spiro atoms. The Morgan fingerprint density at radius 3 is 1.21 bits per heavy atom. The van der Waals surface area contributed by atoms with E-state index in [4.69, 9.17) is 42.6 Å². The Morgan fingerprint density at radius 1 is 0.475 bits per heavy atom. The summed E-state index contributed by atoms with van der Waals surface area (Å²) in [7, 11) is 3.57. The highest BCUT2D eigenvalue weighted by atomic mass is 16.7. The van der Waals surface area contributed by atoms with E-state index in [0.29, 0.717) is 91.4 Å². The molecule has 4 aromatic rings. The molecule has 2 heterocycles. The molecule has 0 aliphatic carbocycles. The van der Waals surface area contributed by atoms with Gasteiger partial charge >= 0.3 is 0 Å². The Morgan fingerprint density at radius 2 is 0.852 bits per heavy atom. The van der Waals surface area contributed by atoms with Crippen molar-refractivity contribution in [3.05, 3.63) is 131 Å². The molecule has 9 nitrogen and oxygen atoms in total. The third-order valence-corrected chi connectivity index (χ3v) is 12.3. The lowest BCUT2D eigenvalue weighted by atomic mass is 9.83. The zero-order valence-electron chi connectivity index (χ0n) is 38.0. The molecule has 0 aromatic heterocycles. The fourth-order valence-corrected chi connectivity index (χ4v) is 7.97. The molecular weight excluding hydrogens is 769 g/mol. The number of hydrogen-bond acceptors (Lipinski definition) is 9. The van der Waals surface area contributed by atoms with E-state index in [9.17, 15) is 0 Å². The summed E-state index contributed by atoms with van der Waals surface area (Å²) in [5.74, 6) is 0.114. The van der Waals surface area contributed by atoms with E-state index in [1.165, 1.54) is 0 Å². The summed E-state index contributed by atoms with van der Waals surface area (Å²) < 4.78 is 57.7. The third kappa shape index (κ3) is 13.1. The van der Waals surface area contributed by atoms with Gasteiger partial charge in [0.2, 0.25) is 0 Å². The van der Waals surface area contributed by atoms with Crippen LogP contribution in [0.5, 0.6) is 11.5 Å². The normalized spacial score (nSPS) is 19.9. The van der Waals surface area contributed by atoms with Crippen LogP contribution in [0.25, 0.3) is 0 Å². The highest BCUT2D eigenvalue weighted by molar-refractivity contribution is 5.34. The van der Waals surface area contributed by atoms with Crippen molar-refractivity contribution in [2.75, 3.05) is 53.9 Å². The maximum Gasteiger partial charge on any atom is 0.165 e. The number of methoxy groups -OCH3 is 2. The largest absolute Gasteiger partial charge is 0.489 e. The minimum atomic E-state index is -0.725. The molecule has 2 aliphatic heterocycles. The molecule has 2 aliphatic rings. The van der Waals surface area contributed by atoms with E-state index in [2.05, 4.69) is 76.2 Å². The van der Waals surface area contributed by atoms with Crippen molar-refractivity contribution < 1.29 is 42.6 Å². The topological polar surface area (TPSA) is 83.1 Å². The molecule has 6 rings (SSSR count). The van der Waals surface area contributed by atoms with Gasteiger partial charge in [-0.15, -0.1) is 0 Å². The fraction of sp³-hybridized carbons (Fsp3) is 0.538. The van der Waals surface area contributed by atoms with Gasteiger partial charge in [-0.25, -0.2) is 0 Å². The monoisotopic (exact) mass is 839 g/mol. The number of rotatable bonds is 22. The highest BCUT2D eigenvalue weighted by Gasteiger charge is 2.43. The van der Waals surface area contributed by atoms with E-state index < -0.39 is 22.8 Å². The molecule has 2 unspecified atom stereocenters. The lowest BCUT2D eigenvalue weighted by Gasteiger charge is -2.43. The summed E-state index contributed by atoms with van der Waals surface area (Å²) >= 11 is 0. The molecule has 2 fully saturated rings. The lowest BCUT2D eigenvalue weighted by Crippen LogP contribution is -2.46. The molecule has 0 N–H and O–H groups in total. The predicted molar refractivity (Wildman–Crippen MR) is 239 cm³/mol. The van der Waals surface area contributed by atoms with Gasteiger partial charge in [0.1, 0.15) is 24.7 Å². The van der Waals surface area contributed by atoms with Crippen molar-refractivity contribution in [2.24, 2.45) is 10.8 Å². The molecule has 2 atom stereocenters. The first-order valence-electron chi connectivity index (χ1n) is 22.0. The predicted octanol–water partition coefficient (Wildman–Crippen LogP) is 11.2. The van der Waals surface area contributed by atoms with Gasteiger partial charge in [-0.2, -0.15) is 0 Å². The van der Waals surface area contributed by atoms with Crippen LogP contribution in [0, 0.1) is 10.8 Å². The van der Waals surface area contributed by atoms with E-state index in [1.54, 1.807) is 14.2 Å². The van der Waals surface area contributed by atoms with Crippen LogP contribution in [0.2, 0.25) is 0 Å².